The highest BCUT2D eigenvalue weighted by Crippen LogP contribution is 2.32. The van der Waals surface area contributed by atoms with Crippen molar-refractivity contribution in [2.24, 2.45) is 0 Å². The molecule has 0 atom stereocenters. The summed E-state index contributed by atoms with van der Waals surface area (Å²) in [7, 11) is 0. The van der Waals surface area contributed by atoms with Crippen LogP contribution in [0.25, 0.3) is 10.8 Å². The zero-order chi connectivity index (χ0) is 16.5. The summed E-state index contributed by atoms with van der Waals surface area (Å²) in [6.07, 6.45) is 0. The maximum atomic E-state index is 12.6. The van der Waals surface area contributed by atoms with Crippen LogP contribution in [0.15, 0.2) is 65.6 Å². The van der Waals surface area contributed by atoms with Gasteiger partial charge in [0.05, 0.1) is 11.4 Å². The lowest BCUT2D eigenvalue weighted by atomic mass is 10.1. The minimum atomic E-state index is -0.195. The molecule has 118 valence electrons. The largest absolute Gasteiger partial charge is 0.324 e. The van der Waals surface area contributed by atoms with Crippen LogP contribution in [-0.2, 0) is 4.79 Å². The van der Waals surface area contributed by atoms with E-state index < -0.39 is 0 Å². The number of hydrogen-bond donors (Lipinski definition) is 2. The predicted molar refractivity (Wildman–Crippen MR) is 97.7 cm³/mol. The lowest BCUT2D eigenvalue weighted by Gasteiger charge is -2.17. The summed E-state index contributed by atoms with van der Waals surface area (Å²) in [5.41, 5.74) is 1.99. The maximum absolute atomic E-state index is 12.6. The van der Waals surface area contributed by atoms with E-state index >= 15 is 0 Å². The Morgan fingerprint density at radius 1 is 1.04 bits per heavy atom. The number of thioether (sulfide) groups is 1. The quantitative estimate of drug-likeness (QED) is 0.740. The van der Waals surface area contributed by atoms with Gasteiger partial charge >= 0.3 is 0 Å². The summed E-state index contributed by atoms with van der Waals surface area (Å²) >= 11 is 1.48. The first-order valence-corrected chi connectivity index (χ1v) is 8.55. The number of carbonyl (C=O) groups is 2. The van der Waals surface area contributed by atoms with E-state index in [4.69, 9.17) is 0 Å². The number of fused-ring (bicyclic) bond motifs is 2. The molecular weight excluding hydrogens is 320 g/mol. The molecule has 0 saturated heterocycles. The third-order valence-electron chi connectivity index (χ3n) is 3.91. The average molecular weight is 334 g/mol. The molecule has 2 N–H and O–H groups in total. The molecule has 3 aromatic carbocycles. The van der Waals surface area contributed by atoms with Crippen LogP contribution in [0.5, 0.6) is 0 Å². The van der Waals surface area contributed by atoms with E-state index in [1.807, 2.05) is 48.5 Å². The summed E-state index contributed by atoms with van der Waals surface area (Å²) in [5.74, 6) is 0.173. The van der Waals surface area contributed by atoms with Gasteiger partial charge in [0.1, 0.15) is 0 Å². The summed E-state index contributed by atoms with van der Waals surface area (Å²) in [6, 6.07) is 19.1. The van der Waals surface area contributed by atoms with E-state index in [1.54, 1.807) is 12.1 Å². The van der Waals surface area contributed by atoms with Gasteiger partial charge in [-0.05, 0) is 29.7 Å². The van der Waals surface area contributed by atoms with Crippen LogP contribution >= 0.6 is 11.8 Å². The van der Waals surface area contributed by atoms with E-state index in [0.29, 0.717) is 17.0 Å². The molecule has 0 aliphatic carbocycles. The Bertz CT molecular complexity index is 963. The number of amides is 2. The second-order valence-electron chi connectivity index (χ2n) is 5.53. The van der Waals surface area contributed by atoms with E-state index in [-0.39, 0.29) is 11.8 Å². The SMILES string of the molecule is O=C1CSc2ccc(C(=O)Nc3cccc4ccccc34)cc2N1. The maximum Gasteiger partial charge on any atom is 0.255 e. The highest BCUT2D eigenvalue weighted by molar-refractivity contribution is 8.00. The van der Waals surface area contributed by atoms with Crippen molar-refractivity contribution in [3.05, 3.63) is 66.2 Å². The third-order valence-corrected chi connectivity index (χ3v) is 4.99. The minimum Gasteiger partial charge on any atom is -0.324 e. The van der Waals surface area contributed by atoms with E-state index in [9.17, 15) is 9.59 Å². The van der Waals surface area contributed by atoms with Gasteiger partial charge in [-0.1, -0.05) is 36.4 Å². The van der Waals surface area contributed by atoms with Crippen LogP contribution in [0.1, 0.15) is 10.4 Å². The van der Waals surface area contributed by atoms with Gasteiger partial charge in [-0.25, -0.2) is 0 Å². The normalized spacial score (nSPS) is 13.2. The Kier molecular flexibility index (Phi) is 3.70. The highest BCUT2D eigenvalue weighted by atomic mass is 32.2. The van der Waals surface area contributed by atoms with Gasteiger partial charge in [-0.2, -0.15) is 0 Å². The van der Waals surface area contributed by atoms with E-state index in [1.165, 1.54) is 11.8 Å². The highest BCUT2D eigenvalue weighted by Gasteiger charge is 2.17. The van der Waals surface area contributed by atoms with Crippen LogP contribution in [0, 0.1) is 0 Å². The first-order chi connectivity index (χ1) is 11.7. The van der Waals surface area contributed by atoms with Crippen LogP contribution < -0.4 is 10.6 Å². The van der Waals surface area contributed by atoms with Gasteiger partial charge in [0, 0.05) is 21.5 Å². The van der Waals surface area contributed by atoms with Crippen LogP contribution in [0.4, 0.5) is 11.4 Å². The topological polar surface area (TPSA) is 58.2 Å². The van der Waals surface area contributed by atoms with Crippen molar-refractivity contribution in [3.8, 4) is 0 Å². The molecule has 1 aliphatic heterocycles. The molecule has 24 heavy (non-hydrogen) atoms. The molecule has 0 radical (unpaired) electrons. The fraction of sp³-hybridized carbons (Fsp3) is 0.0526. The zero-order valence-corrected chi connectivity index (χ0v) is 13.5. The molecule has 0 fully saturated rings. The molecule has 0 bridgehead atoms. The molecule has 4 rings (SSSR count). The third kappa shape index (κ3) is 2.74. The van der Waals surface area contributed by atoms with Crippen LogP contribution in [0.3, 0.4) is 0 Å². The molecule has 0 unspecified atom stereocenters. The van der Waals surface area contributed by atoms with Gasteiger partial charge in [-0.3, -0.25) is 9.59 Å². The summed E-state index contributed by atoms with van der Waals surface area (Å²) in [5, 5.41) is 7.84. The van der Waals surface area contributed by atoms with Gasteiger partial charge < -0.3 is 10.6 Å². The number of hydrogen-bond acceptors (Lipinski definition) is 3. The van der Waals surface area contributed by atoms with Crippen molar-refractivity contribution in [1.82, 2.24) is 0 Å². The second-order valence-corrected chi connectivity index (χ2v) is 6.55. The van der Waals surface area contributed by atoms with Gasteiger partial charge in [0.25, 0.3) is 5.91 Å². The first-order valence-electron chi connectivity index (χ1n) is 7.56. The van der Waals surface area contributed by atoms with Crippen LogP contribution in [0.2, 0.25) is 0 Å². The molecule has 3 aromatic rings. The monoisotopic (exact) mass is 334 g/mol. The lowest BCUT2D eigenvalue weighted by molar-refractivity contribution is -0.113. The van der Waals surface area contributed by atoms with Crippen molar-refractivity contribution < 1.29 is 9.59 Å². The molecule has 0 saturated carbocycles. The van der Waals surface area contributed by atoms with E-state index in [0.717, 1.165) is 21.4 Å². The number of benzene rings is 3. The molecule has 1 heterocycles. The number of nitrogens with one attached hydrogen (secondary N) is 2. The number of carbonyl (C=O) groups excluding carboxylic acids is 2. The molecule has 0 aromatic heterocycles. The summed E-state index contributed by atoms with van der Waals surface area (Å²) < 4.78 is 0. The van der Waals surface area contributed by atoms with Crippen molar-refractivity contribution >= 4 is 45.7 Å². The molecule has 1 aliphatic rings. The molecule has 0 spiro atoms. The first kappa shape index (κ1) is 14.8. The minimum absolute atomic E-state index is 0.0425. The Morgan fingerprint density at radius 3 is 2.79 bits per heavy atom. The molecule has 4 nitrogen and oxygen atoms in total. The average Bonchev–Trinajstić information content (AvgIpc) is 2.61. The molecule has 5 heteroatoms. The van der Waals surface area contributed by atoms with Crippen molar-refractivity contribution in [3.63, 3.8) is 0 Å². The Balaban J connectivity index is 1.64. The summed E-state index contributed by atoms with van der Waals surface area (Å²) in [4.78, 5) is 25.1. The van der Waals surface area contributed by atoms with Crippen molar-refractivity contribution in [2.75, 3.05) is 16.4 Å². The fourth-order valence-electron chi connectivity index (χ4n) is 2.75. The van der Waals surface area contributed by atoms with Gasteiger partial charge in [-0.15, -0.1) is 11.8 Å². The smallest absolute Gasteiger partial charge is 0.255 e. The summed E-state index contributed by atoms with van der Waals surface area (Å²) in [6.45, 7) is 0. The Hall–Kier alpha value is -2.79. The van der Waals surface area contributed by atoms with E-state index in [2.05, 4.69) is 10.6 Å². The second kappa shape index (κ2) is 6.02. The van der Waals surface area contributed by atoms with Crippen molar-refractivity contribution in [2.45, 2.75) is 4.90 Å². The zero-order valence-electron chi connectivity index (χ0n) is 12.7. The Labute approximate surface area is 143 Å². The fourth-order valence-corrected chi connectivity index (χ4v) is 3.54. The lowest BCUT2D eigenvalue weighted by Crippen LogP contribution is -2.20. The standard InChI is InChI=1S/C19H14N2O2S/c22-18-11-24-17-9-8-13(10-16(17)20-18)19(23)21-15-7-3-5-12-4-1-2-6-14(12)15/h1-10H,11H2,(H,20,22)(H,21,23). The number of anilines is 2. The van der Waals surface area contributed by atoms with Gasteiger partial charge in [0.2, 0.25) is 5.91 Å². The van der Waals surface area contributed by atoms with Crippen molar-refractivity contribution in [1.29, 1.82) is 0 Å². The molecule has 2 amide bonds. The van der Waals surface area contributed by atoms with Crippen LogP contribution in [-0.4, -0.2) is 17.6 Å². The Morgan fingerprint density at radius 2 is 1.88 bits per heavy atom. The number of rotatable bonds is 2. The van der Waals surface area contributed by atoms with Gasteiger partial charge in [0.15, 0.2) is 0 Å². The molecular formula is C19H14N2O2S. The predicted octanol–water partition coefficient (Wildman–Crippen LogP) is 4.14.